The lowest BCUT2D eigenvalue weighted by atomic mass is 9.87. The van der Waals surface area contributed by atoms with Crippen molar-refractivity contribution in [2.75, 3.05) is 0 Å². The summed E-state index contributed by atoms with van der Waals surface area (Å²) in [6.45, 7) is 0. The third kappa shape index (κ3) is 6.11. The van der Waals surface area contributed by atoms with Crippen LogP contribution in [0.3, 0.4) is 0 Å². The van der Waals surface area contributed by atoms with Crippen LogP contribution in [0, 0.1) is 0 Å². The Morgan fingerprint density at radius 1 is 0.246 bits per heavy atom. The van der Waals surface area contributed by atoms with E-state index in [9.17, 15) is 0 Å². The number of hydrogen-bond donors (Lipinski definition) is 0. The summed E-state index contributed by atoms with van der Waals surface area (Å²) in [6, 6.07) is 79.6. The van der Waals surface area contributed by atoms with Gasteiger partial charge in [-0.3, -0.25) is 0 Å². The highest BCUT2D eigenvalue weighted by atomic mass is 16.3. The number of hydrogen-bond acceptors (Lipinski definition) is 4. The third-order valence-corrected chi connectivity index (χ3v) is 12.9. The lowest BCUT2D eigenvalue weighted by molar-refractivity contribution is 0.669. The van der Waals surface area contributed by atoms with Gasteiger partial charge in [-0.15, -0.1) is 0 Å². The molecule has 4 heteroatoms. The van der Waals surface area contributed by atoms with Gasteiger partial charge in [-0.2, -0.15) is 0 Å². The van der Waals surface area contributed by atoms with Crippen molar-refractivity contribution < 1.29 is 4.42 Å². The molecule has 13 aromatic rings. The molecule has 0 N–H and O–H groups in total. The van der Waals surface area contributed by atoms with Crippen molar-refractivity contribution in [1.82, 2.24) is 15.0 Å². The fourth-order valence-corrected chi connectivity index (χ4v) is 9.90. The molecule has 11 aromatic carbocycles. The van der Waals surface area contributed by atoms with E-state index in [1.807, 2.05) is 54.6 Å². The number of furan rings is 1. The molecule has 4 nitrogen and oxygen atoms in total. The van der Waals surface area contributed by atoms with E-state index in [-0.39, 0.29) is 0 Å². The highest BCUT2D eigenvalue weighted by Gasteiger charge is 2.21. The van der Waals surface area contributed by atoms with Gasteiger partial charge in [0, 0.05) is 21.9 Å². The minimum Gasteiger partial charge on any atom is -0.455 e. The predicted molar refractivity (Wildman–Crippen MR) is 270 cm³/mol. The zero-order valence-electron chi connectivity index (χ0n) is 35.1. The zero-order valence-corrected chi connectivity index (χ0v) is 35.1. The summed E-state index contributed by atoms with van der Waals surface area (Å²) in [7, 11) is 0. The molecule has 302 valence electrons. The Labute approximate surface area is 374 Å². The van der Waals surface area contributed by atoms with Gasteiger partial charge in [0.05, 0.1) is 5.56 Å². The van der Waals surface area contributed by atoms with Crippen LogP contribution in [0.1, 0.15) is 0 Å². The molecule has 2 heterocycles. The molecule has 0 radical (unpaired) electrons. The molecule has 0 unspecified atom stereocenters. The van der Waals surface area contributed by atoms with Crippen molar-refractivity contribution in [3.63, 3.8) is 0 Å². The summed E-state index contributed by atoms with van der Waals surface area (Å²) in [6.07, 6.45) is 0. The minimum absolute atomic E-state index is 0.562. The molecule has 2 aromatic heterocycles. The highest BCUT2D eigenvalue weighted by molar-refractivity contribution is 6.18. The molecule has 65 heavy (non-hydrogen) atoms. The Bertz CT molecular complexity index is 4000. The van der Waals surface area contributed by atoms with Crippen molar-refractivity contribution >= 4 is 65.0 Å². The van der Waals surface area contributed by atoms with Gasteiger partial charge >= 0.3 is 0 Å². The van der Waals surface area contributed by atoms with Crippen LogP contribution in [0.15, 0.2) is 229 Å². The monoisotopic (exact) mass is 827 g/mol. The van der Waals surface area contributed by atoms with E-state index in [4.69, 9.17) is 19.4 Å². The van der Waals surface area contributed by atoms with Gasteiger partial charge in [-0.25, -0.2) is 15.0 Å². The topological polar surface area (TPSA) is 51.8 Å². The number of nitrogens with zero attached hydrogens (tertiary/aromatic N) is 3. The fraction of sp³-hybridized carbons (Fsp3) is 0. The number of rotatable bonds is 6. The first-order valence-corrected chi connectivity index (χ1v) is 22.0. The summed E-state index contributed by atoms with van der Waals surface area (Å²) in [5.74, 6) is 1.77. The highest BCUT2D eigenvalue weighted by Crippen LogP contribution is 2.43. The van der Waals surface area contributed by atoms with E-state index >= 15 is 0 Å². The molecular weight excluding hydrogens is 791 g/mol. The second-order valence-electron chi connectivity index (χ2n) is 16.6. The van der Waals surface area contributed by atoms with Crippen molar-refractivity contribution in [3.8, 4) is 67.5 Å². The smallest absolute Gasteiger partial charge is 0.167 e. The SMILES string of the molecule is c1ccc(-c2nc(-c3ccc(-c4cc5ccc(-c6ccc(-c7ccccc7)c7ccccc67)cc5c5ccccc45)c4ccccc34)nc(-c3cccc4c3oc3ccccc34)n2)cc1. The van der Waals surface area contributed by atoms with E-state index in [1.54, 1.807) is 0 Å². The number of para-hydroxylation sites is 2. The van der Waals surface area contributed by atoms with Crippen LogP contribution in [-0.2, 0) is 0 Å². The lowest BCUT2D eigenvalue weighted by Gasteiger charge is -2.17. The first-order chi connectivity index (χ1) is 32.2. The van der Waals surface area contributed by atoms with Crippen LogP contribution in [0.4, 0.5) is 0 Å². The molecule has 0 aliphatic rings. The molecule has 0 spiro atoms. The molecule has 0 saturated carbocycles. The van der Waals surface area contributed by atoms with E-state index < -0.39 is 0 Å². The maximum absolute atomic E-state index is 6.49. The summed E-state index contributed by atoms with van der Waals surface area (Å²) in [5, 5.41) is 11.6. The Morgan fingerprint density at radius 2 is 0.738 bits per heavy atom. The molecule has 0 aliphatic carbocycles. The molecule has 0 saturated heterocycles. The van der Waals surface area contributed by atoms with Gasteiger partial charge in [0.2, 0.25) is 0 Å². The van der Waals surface area contributed by atoms with Gasteiger partial charge < -0.3 is 4.42 Å². The van der Waals surface area contributed by atoms with E-state index in [2.05, 4.69) is 170 Å². The fourth-order valence-electron chi connectivity index (χ4n) is 9.90. The van der Waals surface area contributed by atoms with Gasteiger partial charge in [-0.1, -0.05) is 194 Å². The third-order valence-electron chi connectivity index (χ3n) is 12.9. The van der Waals surface area contributed by atoms with Crippen LogP contribution in [0.2, 0.25) is 0 Å². The summed E-state index contributed by atoms with van der Waals surface area (Å²) in [4.78, 5) is 15.5. The quantitative estimate of drug-likeness (QED) is 0.157. The molecule has 0 bridgehead atoms. The van der Waals surface area contributed by atoms with Crippen LogP contribution in [-0.4, -0.2) is 15.0 Å². The van der Waals surface area contributed by atoms with Gasteiger partial charge in [0.1, 0.15) is 11.2 Å². The minimum atomic E-state index is 0.562. The second kappa shape index (κ2) is 15.0. The van der Waals surface area contributed by atoms with Crippen LogP contribution < -0.4 is 0 Å². The Hall–Kier alpha value is -8.73. The number of aromatic nitrogens is 3. The largest absolute Gasteiger partial charge is 0.455 e. The standard InChI is InChI=1S/C61H37N3O/c1-3-16-38(17-4-1)42-32-33-43(45-21-8-7-20-44(42)45)40-30-31-41-37-56(49-25-12-11-24-48(49)55(41)36-40)50-34-35-53(47-23-10-9-22-46(47)50)60-62-59(39-18-5-2-6-19-39)63-61(64-60)54-28-15-27-52-51-26-13-14-29-57(51)65-58(52)54/h1-37H. The van der Waals surface area contributed by atoms with Crippen LogP contribution in [0.25, 0.3) is 133 Å². The van der Waals surface area contributed by atoms with E-state index in [0.717, 1.165) is 55.0 Å². The lowest BCUT2D eigenvalue weighted by Crippen LogP contribution is -2.01. The summed E-state index contributed by atoms with van der Waals surface area (Å²) >= 11 is 0. The second-order valence-corrected chi connectivity index (χ2v) is 16.6. The number of fused-ring (bicyclic) bond motifs is 8. The average molecular weight is 828 g/mol. The van der Waals surface area contributed by atoms with Crippen molar-refractivity contribution in [3.05, 3.63) is 224 Å². The maximum Gasteiger partial charge on any atom is 0.167 e. The van der Waals surface area contributed by atoms with E-state index in [0.29, 0.717) is 17.5 Å². The first kappa shape index (κ1) is 36.9. The molecular formula is C61H37N3O. The Balaban J connectivity index is 0.971. The summed E-state index contributed by atoms with van der Waals surface area (Å²) < 4.78 is 6.49. The average Bonchev–Trinajstić information content (AvgIpc) is 3.77. The van der Waals surface area contributed by atoms with Crippen molar-refractivity contribution in [2.45, 2.75) is 0 Å². The summed E-state index contributed by atoms with van der Waals surface area (Å²) in [5.41, 5.74) is 11.5. The Kier molecular flexibility index (Phi) is 8.50. The van der Waals surface area contributed by atoms with Gasteiger partial charge in [-0.05, 0) is 107 Å². The van der Waals surface area contributed by atoms with E-state index in [1.165, 1.54) is 60.1 Å². The van der Waals surface area contributed by atoms with Gasteiger partial charge in [0.15, 0.2) is 17.5 Å². The van der Waals surface area contributed by atoms with Gasteiger partial charge in [0.25, 0.3) is 0 Å². The molecule has 0 fully saturated rings. The zero-order chi connectivity index (χ0) is 42.8. The van der Waals surface area contributed by atoms with Crippen LogP contribution >= 0.6 is 0 Å². The predicted octanol–water partition coefficient (Wildman–Crippen LogP) is 16.4. The maximum atomic E-state index is 6.49. The van der Waals surface area contributed by atoms with Crippen LogP contribution in [0.5, 0.6) is 0 Å². The molecule has 0 atom stereocenters. The van der Waals surface area contributed by atoms with Crippen molar-refractivity contribution in [2.24, 2.45) is 0 Å². The van der Waals surface area contributed by atoms with Crippen molar-refractivity contribution in [1.29, 1.82) is 0 Å². The molecule has 0 aliphatic heterocycles. The number of benzene rings is 11. The Morgan fingerprint density at radius 3 is 1.45 bits per heavy atom. The molecule has 0 amide bonds. The normalized spacial score (nSPS) is 11.7. The molecule has 13 rings (SSSR count). The first-order valence-electron chi connectivity index (χ1n) is 22.0.